The van der Waals surface area contributed by atoms with Gasteiger partial charge in [0.05, 0.1) is 24.8 Å². The quantitative estimate of drug-likeness (QED) is 0.416. The summed E-state index contributed by atoms with van der Waals surface area (Å²) in [5.74, 6) is 1.57. The van der Waals surface area contributed by atoms with E-state index >= 15 is 0 Å². The van der Waals surface area contributed by atoms with Gasteiger partial charge in [0.1, 0.15) is 17.2 Å². The van der Waals surface area contributed by atoms with Crippen LogP contribution in [0.2, 0.25) is 0 Å². The molecular formula is C17H19N3O4. The van der Waals surface area contributed by atoms with Crippen molar-refractivity contribution >= 4 is 17.1 Å². The number of nitro benzene ring substituents is 1. The van der Waals surface area contributed by atoms with Crippen LogP contribution in [0.25, 0.3) is 0 Å². The lowest BCUT2D eigenvalue weighted by Gasteiger charge is -2.14. The topological polar surface area (TPSA) is 86.3 Å². The van der Waals surface area contributed by atoms with Crippen LogP contribution in [-0.4, -0.2) is 19.1 Å². The predicted molar refractivity (Wildman–Crippen MR) is 90.9 cm³/mol. The second-order valence-electron chi connectivity index (χ2n) is 5.39. The van der Waals surface area contributed by atoms with Crippen LogP contribution in [0.3, 0.4) is 0 Å². The van der Waals surface area contributed by atoms with Crippen molar-refractivity contribution < 1.29 is 14.4 Å². The zero-order chi connectivity index (χ0) is 17.7. The first-order valence-corrected chi connectivity index (χ1v) is 7.38. The highest BCUT2D eigenvalue weighted by Crippen LogP contribution is 2.38. The molecule has 0 saturated heterocycles. The van der Waals surface area contributed by atoms with E-state index in [0.717, 1.165) is 5.56 Å². The summed E-state index contributed by atoms with van der Waals surface area (Å²) in [5.41, 5.74) is 2.06. The third-order valence-corrected chi connectivity index (χ3v) is 3.49. The van der Waals surface area contributed by atoms with Crippen LogP contribution >= 0.6 is 0 Å². The van der Waals surface area contributed by atoms with Crippen LogP contribution in [0.1, 0.15) is 25.3 Å². The molecule has 0 bridgehead atoms. The van der Waals surface area contributed by atoms with Crippen molar-refractivity contribution in [3.05, 3.63) is 52.1 Å². The molecule has 0 aromatic heterocycles. The number of hydrogen-bond acceptors (Lipinski definition) is 6. The fraction of sp³-hybridized carbons (Fsp3) is 0.294. The summed E-state index contributed by atoms with van der Waals surface area (Å²) >= 11 is 0. The number of hydrogen-bond donors (Lipinski definition) is 0. The van der Waals surface area contributed by atoms with Gasteiger partial charge < -0.3 is 9.47 Å². The Morgan fingerprint density at radius 2 is 1.62 bits per heavy atom. The number of non-ortho nitro benzene ring substituents is 1. The van der Waals surface area contributed by atoms with Gasteiger partial charge in [-0.1, -0.05) is 13.8 Å². The first-order valence-electron chi connectivity index (χ1n) is 7.38. The summed E-state index contributed by atoms with van der Waals surface area (Å²) in [6, 6.07) is 9.49. The summed E-state index contributed by atoms with van der Waals surface area (Å²) in [6.07, 6.45) is 0. The zero-order valence-corrected chi connectivity index (χ0v) is 14.0. The van der Waals surface area contributed by atoms with Gasteiger partial charge in [0.2, 0.25) is 0 Å². The second-order valence-corrected chi connectivity index (χ2v) is 5.39. The largest absolute Gasteiger partial charge is 0.496 e. The number of nitro groups is 1. The first-order chi connectivity index (χ1) is 11.5. The van der Waals surface area contributed by atoms with Gasteiger partial charge in [0, 0.05) is 23.8 Å². The van der Waals surface area contributed by atoms with Crippen LogP contribution < -0.4 is 9.47 Å². The Morgan fingerprint density at radius 3 is 2.12 bits per heavy atom. The monoisotopic (exact) mass is 329 g/mol. The SMILES string of the molecule is COc1cc(C(C)C)c(OC)cc1/N=N/c1ccc([N+](=O)[O-])cc1. The molecule has 2 aromatic rings. The predicted octanol–water partition coefficient (Wildman–Crippen LogP) is 5.15. The lowest BCUT2D eigenvalue weighted by molar-refractivity contribution is -0.384. The van der Waals surface area contributed by atoms with E-state index in [0.29, 0.717) is 22.9 Å². The van der Waals surface area contributed by atoms with Crippen LogP contribution in [0.4, 0.5) is 17.1 Å². The third-order valence-electron chi connectivity index (χ3n) is 3.49. The summed E-state index contributed by atoms with van der Waals surface area (Å²) in [7, 11) is 3.17. The Balaban J connectivity index is 2.35. The summed E-state index contributed by atoms with van der Waals surface area (Å²) in [5, 5.41) is 18.9. The minimum absolute atomic E-state index is 0.00878. The van der Waals surface area contributed by atoms with Gasteiger partial charge in [-0.05, 0) is 24.1 Å². The third kappa shape index (κ3) is 3.87. The minimum atomic E-state index is -0.459. The number of azo groups is 1. The molecule has 0 N–H and O–H groups in total. The highest BCUT2D eigenvalue weighted by Gasteiger charge is 2.13. The fourth-order valence-corrected chi connectivity index (χ4v) is 2.19. The molecular weight excluding hydrogens is 310 g/mol. The number of benzene rings is 2. The normalized spacial score (nSPS) is 11.0. The average Bonchev–Trinajstić information content (AvgIpc) is 2.59. The van der Waals surface area contributed by atoms with E-state index < -0.39 is 4.92 Å². The minimum Gasteiger partial charge on any atom is -0.496 e. The molecule has 0 unspecified atom stereocenters. The zero-order valence-electron chi connectivity index (χ0n) is 14.0. The maximum absolute atomic E-state index is 10.7. The second kappa shape index (κ2) is 7.54. The number of nitrogens with zero attached hydrogens (tertiary/aromatic N) is 3. The first kappa shape index (κ1) is 17.4. The molecule has 0 aliphatic carbocycles. The molecule has 0 radical (unpaired) electrons. The molecule has 2 aromatic carbocycles. The van der Waals surface area contributed by atoms with Crippen LogP contribution in [0.15, 0.2) is 46.6 Å². The molecule has 0 saturated carbocycles. The van der Waals surface area contributed by atoms with E-state index in [1.54, 1.807) is 20.3 Å². The molecule has 0 fully saturated rings. The van der Waals surface area contributed by atoms with Gasteiger partial charge in [-0.25, -0.2) is 0 Å². The van der Waals surface area contributed by atoms with Crippen molar-refractivity contribution in [1.29, 1.82) is 0 Å². The standard InChI is InChI=1S/C17H19N3O4/c1-11(2)14-9-17(24-4)15(10-16(14)23-3)19-18-12-5-7-13(8-6-12)20(21)22/h5-11H,1-4H3/b19-18+. The van der Waals surface area contributed by atoms with E-state index in [1.807, 2.05) is 6.07 Å². The van der Waals surface area contributed by atoms with Crippen LogP contribution in [0.5, 0.6) is 11.5 Å². The Hall–Kier alpha value is -2.96. The van der Waals surface area contributed by atoms with E-state index in [9.17, 15) is 10.1 Å². The molecule has 0 spiro atoms. The van der Waals surface area contributed by atoms with E-state index in [1.165, 1.54) is 24.3 Å². The molecule has 7 heteroatoms. The van der Waals surface area contributed by atoms with Crippen molar-refractivity contribution in [2.24, 2.45) is 10.2 Å². The van der Waals surface area contributed by atoms with Crippen molar-refractivity contribution in [2.75, 3.05) is 14.2 Å². The maximum atomic E-state index is 10.7. The molecule has 0 amide bonds. The van der Waals surface area contributed by atoms with E-state index in [-0.39, 0.29) is 11.6 Å². The maximum Gasteiger partial charge on any atom is 0.269 e. The summed E-state index contributed by atoms with van der Waals surface area (Å²) in [4.78, 5) is 10.2. The number of methoxy groups -OCH3 is 2. The van der Waals surface area contributed by atoms with Gasteiger partial charge in [-0.15, -0.1) is 5.11 Å². The Kier molecular flexibility index (Phi) is 5.47. The van der Waals surface area contributed by atoms with Gasteiger partial charge in [-0.2, -0.15) is 5.11 Å². The van der Waals surface area contributed by atoms with Crippen molar-refractivity contribution in [3.8, 4) is 11.5 Å². The molecule has 0 atom stereocenters. The number of ether oxygens (including phenoxy) is 2. The van der Waals surface area contributed by atoms with Crippen molar-refractivity contribution in [2.45, 2.75) is 19.8 Å². The van der Waals surface area contributed by atoms with Crippen molar-refractivity contribution in [3.63, 3.8) is 0 Å². The van der Waals surface area contributed by atoms with Gasteiger partial charge in [0.25, 0.3) is 5.69 Å². The fourth-order valence-electron chi connectivity index (χ4n) is 2.19. The van der Waals surface area contributed by atoms with E-state index in [2.05, 4.69) is 24.1 Å². The highest BCUT2D eigenvalue weighted by molar-refractivity contribution is 5.59. The van der Waals surface area contributed by atoms with E-state index in [4.69, 9.17) is 9.47 Å². The molecule has 2 rings (SSSR count). The van der Waals surface area contributed by atoms with Crippen LogP contribution in [-0.2, 0) is 0 Å². The van der Waals surface area contributed by atoms with Gasteiger partial charge in [-0.3, -0.25) is 10.1 Å². The molecule has 0 heterocycles. The Morgan fingerprint density at radius 1 is 1.00 bits per heavy atom. The van der Waals surface area contributed by atoms with Crippen molar-refractivity contribution in [1.82, 2.24) is 0 Å². The molecule has 7 nitrogen and oxygen atoms in total. The lowest BCUT2D eigenvalue weighted by Crippen LogP contribution is -1.96. The van der Waals surface area contributed by atoms with Gasteiger partial charge in [0.15, 0.2) is 0 Å². The average molecular weight is 329 g/mol. The van der Waals surface area contributed by atoms with Crippen LogP contribution in [0, 0.1) is 10.1 Å². The summed E-state index contributed by atoms with van der Waals surface area (Å²) in [6.45, 7) is 4.13. The smallest absolute Gasteiger partial charge is 0.269 e. The molecule has 0 aliphatic rings. The summed E-state index contributed by atoms with van der Waals surface area (Å²) < 4.78 is 10.8. The van der Waals surface area contributed by atoms with Gasteiger partial charge >= 0.3 is 0 Å². The Labute approximate surface area is 140 Å². The number of rotatable bonds is 6. The highest BCUT2D eigenvalue weighted by atomic mass is 16.6. The molecule has 126 valence electrons. The lowest BCUT2D eigenvalue weighted by atomic mass is 10.0. The molecule has 0 aliphatic heterocycles. The Bertz CT molecular complexity index is 755. The molecule has 24 heavy (non-hydrogen) atoms.